The topological polar surface area (TPSA) is 44.8 Å². The van der Waals surface area contributed by atoms with E-state index in [1.807, 2.05) is 6.07 Å². The number of morpholine rings is 1. The summed E-state index contributed by atoms with van der Waals surface area (Å²) in [5.74, 6) is -0.165. The molecule has 6 heteroatoms. The summed E-state index contributed by atoms with van der Waals surface area (Å²) in [4.78, 5) is 17.0. The molecule has 142 valence electrons. The van der Waals surface area contributed by atoms with Crippen LogP contribution in [-0.4, -0.2) is 56.4 Å². The molecule has 26 heavy (non-hydrogen) atoms. The number of nitrogens with zero attached hydrogens (tertiary/aromatic N) is 2. The average Bonchev–Trinajstić information content (AvgIpc) is 3.27. The van der Waals surface area contributed by atoms with Crippen LogP contribution in [0, 0.1) is 5.82 Å². The number of benzene rings is 1. The lowest BCUT2D eigenvalue weighted by atomic mass is 9.80. The number of hydrogen-bond donors (Lipinski definition) is 1. The molecule has 2 aliphatic heterocycles. The molecular weight excluding hydrogens is 333 g/mol. The number of rotatable bonds is 3. The molecule has 0 radical (unpaired) electrons. The van der Waals surface area contributed by atoms with Crippen molar-refractivity contribution in [2.45, 2.75) is 44.1 Å². The third-order valence-electron chi connectivity index (χ3n) is 6.30. The van der Waals surface area contributed by atoms with Crippen LogP contribution in [0.15, 0.2) is 18.2 Å². The minimum atomic E-state index is -0.187. The number of carbonyl (C=O) groups excluding carboxylic acids is 1. The first-order valence-electron chi connectivity index (χ1n) is 9.77. The van der Waals surface area contributed by atoms with Crippen LogP contribution in [0.5, 0.6) is 0 Å². The monoisotopic (exact) mass is 361 g/mol. The van der Waals surface area contributed by atoms with Crippen molar-refractivity contribution in [1.29, 1.82) is 0 Å². The average molecular weight is 361 g/mol. The van der Waals surface area contributed by atoms with Crippen molar-refractivity contribution in [2.75, 3.05) is 44.3 Å². The Bertz CT molecular complexity index is 669. The Balaban J connectivity index is 1.46. The van der Waals surface area contributed by atoms with E-state index in [9.17, 15) is 9.18 Å². The van der Waals surface area contributed by atoms with Gasteiger partial charge in [-0.15, -0.1) is 0 Å². The second-order valence-corrected chi connectivity index (χ2v) is 7.89. The minimum Gasteiger partial charge on any atom is -0.379 e. The predicted molar refractivity (Wildman–Crippen MR) is 99.1 cm³/mol. The highest BCUT2D eigenvalue weighted by Gasteiger charge is 2.48. The largest absolute Gasteiger partial charge is 0.379 e. The SMILES string of the molecule is C[C@@H](CNC(=O)N1CC2(CCCC2)c2c(F)cccc21)N1CCOCC1. The smallest absolute Gasteiger partial charge is 0.321 e. The van der Waals surface area contributed by atoms with Gasteiger partial charge < -0.3 is 10.1 Å². The Labute approximate surface area is 154 Å². The molecule has 1 saturated carbocycles. The Morgan fingerprint density at radius 2 is 2.04 bits per heavy atom. The van der Waals surface area contributed by atoms with Crippen LogP contribution in [0.25, 0.3) is 0 Å². The van der Waals surface area contributed by atoms with E-state index in [1.54, 1.807) is 11.0 Å². The molecule has 3 aliphatic rings. The fourth-order valence-corrected chi connectivity index (χ4v) is 4.85. The molecule has 1 spiro atoms. The van der Waals surface area contributed by atoms with E-state index < -0.39 is 0 Å². The second kappa shape index (κ2) is 7.16. The molecule has 2 heterocycles. The van der Waals surface area contributed by atoms with Gasteiger partial charge in [-0.1, -0.05) is 18.9 Å². The van der Waals surface area contributed by atoms with E-state index in [4.69, 9.17) is 4.74 Å². The van der Waals surface area contributed by atoms with Gasteiger partial charge in [0.15, 0.2) is 0 Å². The maximum atomic E-state index is 14.6. The van der Waals surface area contributed by atoms with E-state index in [0.717, 1.165) is 63.2 Å². The highest BCUT2D eigenvalue weighted by molar-refractivity contribution is 5.95. The van der Waals surface area contributed by atoms with Crippen molar-refractivity contribution in [3.8, 4) is 0 Å². The van der Waals surface area contributed by atoms with Gasteiger partial charge in [0.2, 0.25) is 0 Å². The number of anilines is 1. The van der Waals surface area contributed by atoms with Crippen molar-refractivity contribution in [2.24, 2.45) is 0 Å². The molecule has 1 saturated heterocycles. The van der Waals surface area contributed by atoms with E-state index in [-0.39, 0.29) is 23.3 Å². The summed E-state index contributed by atoms with van der Waals surface area (Å²) in [7, 11) is 0. The summed E-state index contributed by atoms with van der Waals surface area (Å²) in [6.45, 7) is 6.62. The fraction of sp³-hybridized carbons (Fsp3) is 0.650. The van der Waals surface area contributed by atoms with Crippen LogP contribution in [0.2, 0.25) is 0 Å². The molecule has 5 nitrogen and oxygen atoms in total. The Morgan fingerprint density at radius 3 is 2.77 bits per heavy atom. The van der Waals surface area contributed by atoms with Gasteiger partial charge in [0, 0.05) is 43.2 Å². The first-order valence-corrected chi connectivity index (χ1v) is 9.77. The van der Waals surface area contributed by atoms with Crippen LogP contribution >= 0.6 is 0 Å². The standard InChI is InChI=1S/C20H28FN3O2/c1-15(23-9-11-26-12-10-23)13-22-19(25)24-14-20(7-2-3-8-20)18-16(21)5-4-6-17(18)24/h4-6,15H,2-3,7-14H2,1H3,(H,22,25)/t15-/m0/s1. The minimum absolute atomic E-state index is 0.110. The van der Waals surface area contributed by atoms with Crippen LogP contribution < -0.4 is 10.2 Å². The molecule has 4 rings (SSSR count). The molecule has 1 atom stereocenters. The summed E-state index contributed by atoms with van der Waals surface area (Å²) in [5.41, 5.74) is 1.32. The van der Waals surface area contributed by atoms with Gasteiger partial charge >= 0.3 is 6.03 Å². The van der Waals surface area contributed by atoms with Crippen LogP contribution in [0.4, 0.5) is 14.9 Å². The lowest BCUT2D eigenvalue weighted by Crippen LogP contribution is -2.50. The number of fused-ring (bicyclic) bond motifs is 2. The summed E-state index contributed by atoms with van der Waals surface area (Å²) in [6, 6.07) is 5.27. The van der Waals surface area contributed by atoms with Gasteiger partial charge in [0.05, 0.1) is 18.9 Å². The summed E-state index contributed by atoms with van der Waals surface area (Å²) < 4.78 is 20.0. The fourth-order valence-electron chi connectivity index (χ4n) is 4.85. The number of carbonyl (C=O) groups is 1. The highest BCUT2D eigenvalue weighted by Crippen LogP contribution is 2.51. The van der Waals surface area contributed by atoms with Crippen molar-refractivity contribution >= 4 is 11.7 Å². The molecule has 1 N–H and O–H groups in total. The maximum absolute atomic E-state index is 14.6. The molecule has 0 unspecified atom stereocenters. The second-order valence-electron chi connectivity index (χ2n) is 7.89. The van der Waals surface area contributed by atoms with Gasteiger partial charge in [-0.3, -0.25) is 9.80 Å². The van der Waals surface area contributed by atoms with E-state index >= 15 is 0 Å². The molecule has 1 aliphatic carbocycles. The molecular formula is C20H28FN3O2. The van der Waals surface area contributed by atoms with Crippen molar-refractivity contribution in [3.05, 3.63) is 29.6 Å². The first kappa shape index (κ1) is 17.7. The number of urea groups is 1. The van der Waals surface area contributed by atoms with Gasteiger partial charge in [-0.2, -0.15) is 0 Å². The predicted octanol–water partition coefficient (Wildman–Crippen LogP) is 2.89. The van der Waals surface area contributed by atoms with Crippen molar-refractivity contribution in [1.82, 2.24) is 10.2 Å². The lowest BCUT2D eigenvalue weighted by molar-refractivity contribution is 0.0209. The number of halogens is 1. The molecule has 0 aromatic heterocycles. The van der Waals surface area contributed by atoms with Crippen LogP contribution in [-0.2, 0) is 10.2 Å². The van der Waals surface area contributed by atoms with Crippen LogP contribution in [0.1, 0.15) is 38.2 Å². The zero-order valence-corrected chi connectivity index (χ0v) is 15.5. The maximum Gasteiger partial charge on any atom is 0.321 e. The Kier molecular flexibility index (Phi) is 4.88. The summed E-state index contributed by atoms with van der Waals surface area (Å²) >= 11 is 0. The van der Waals surface area contributed by atoms with Gasteiger partial charge in [-0.05, 0) is 31.9 Å². The Morgan fingerprint density at radius 1 is 1.31 bits per heavy atom. The zero-order chi connectivity index (χ0) is 18.1. The van der Waals surface area contributed by atoms with E-state index in [0.29, 0.717) is 13.1 Å². The number of amides is 2. The normalized spacial score (nSPS) is 23.2. The van der Waals surface area contributed by atoms with Gasteiger partial charge in [0.25, 0.3) is 0 Å². The summed E-state index contributed by atoms with van der Waals surface area (Å²) in [5, 5.41) is 3.07. The Hall–Kier alpha value is -1.66. The van der Waals surface area contributed by atoms with Crippen molar-refractivity contribution in [3.63, 3.8) is 0 Å². The highest BCUT2D eigenvalue weighted by atomic mass is 19.1. The van der Waals surface area contributed by atoms with E-state index in [1.165, 1.54) is 6.07 Å². The summed E-state index contributed by atoms with van der Waals surface area (Å²) in [6.07, 6.45) is 4.15. The third-order valence-corrected chi connectivity index (χ3v) is 6.30. The quantitative estimate of drug-likeness (QED) is 0.900. The van der Waals surface area contributed by atoms with Gasteiger partial charge in [-0.25, -0.2) is 9.18 Å². The lowest BCUT2D eigenvalue weighted by Gasteiger charge is -2.32. The zero-order valence-electron chi connectivity index (χ0n) is 15.5. The van der Waals surface area contributed by atoms with Crippen LogP contribution in [0.3, 0.4) is 0 Å². The van der Waals surface area contributed by atoms with E-state index in [2.05, 4.69) is 17.1 Å². The third kappa shape index (κ3) is 3.09. The number of hydrogen-bond acceptors (Lipinski definition) is 3. The van der Waals surface area contributed by atoms with Gasteiger partial charge in [0.1, 0.15) is 5.82 Å². The molecule has 2 amide bonds. The number of nitrogens with one attached hydrogen (secondary N) is 1. The van der Waals surface area contributed by atoms with Crippen molar-refractivity contribution < 1.29 is 13.9 Å². The molecule has 1 aromatic rings. The molecule has 2 fully saturated rings. The first-order chi connectivity index (χ1) is 12.6. The molecule has 0 bridgehead atoms. The molecule has 1 aromatic carbocycles. The number of ether oxygens (including phenoxy) is 1.